The Kier molecular flexibility index (Phi) is 5.98. The highest BCUT2D eigenvalue weighted by atomic mass is 35.5. The van der Waals surface area contributed by atoms with Crippen LogP contribution in [0.4, 0.5) is 4.39 Å². The van der Waals surface area contributed by atoms with Gasteiger partial charge in [0.25, 0.3) is 0 Å². The maximum Gasteiger partial charge on any atom is 0.142 e. The molecule has 1 saturated heterocycles. The third kappa shape index (κ3) is 4.60. The van der Waals surface area contributed by atoms with Crippen molar-refractivity contribution in [3.8, 4) is 5.75 Å². The zero-order valence-electron chi connectivity index (χ0n) is 13.8. The molecule has 0 aromatic heterocycles. The monoisotopic (exact) mass is 357 g/mol. The third-order valence-electron chi connectivity index (χ3n) is 4.88. The predicted molar refractivity (Wildman–Crippen MR) is 91.1 cm³/mol. The molecule has 24 heavy (non-hydrogen) atoms. The predicted octanol–water partition coefficient (Wildman–Crippen LogP) is 3.25. The molecule has 1 N–H and O–H groups in total. The van der Waals surface area contributed by atoms with Crippen LogP contribution in [-0.4, -0.2) is 54.6 Å². The molecule has 0 bridgehead atoms. The second-order valence-corrected chi connectivity index (χ2v) is 7.31. The van der Waals surface area contributed by atoms with Crippen LogP contribution in [0.5, 0.6) is 5.75 Å². The Bertz CT molecular complexity index is 553. The molecule has 0 amide bonds. The summed E-state index contributed by atoms with van der Waals surface area (Å²) in [7, 11) is 0. The van der Waals surface area contributed by atoms with E-state index in [9.17, 15) is 9.50 Å². The summed E-state index contributed by atoms with van der Waals surface area (Å²) in [5.74, 6) is -0.0349. The van der Waals surface area contributed by atoms with Crippen LogP contribution in [0, 0.1) is 5.82 Å². The number of benzene rings is 1. The largest absolute Gasteiger partial charge is 0.490 e. The summed E-state index contributed by atoms with van der Waals surface area (Å²) in [6, 6.07) is 4.73. The third-order valence-corrected chi connectivity index (χ3v) is 5.17. The van der Waals surface area contributed by atoms with Crippen LogP contribution in [0.2, 0.25) is 5.02 Å². The number of halogens is 2. The molecule has 0 unspecified atom stereocenters. The zero-order chi connectivity index (χ0) is 17.0. The van der Waals surface area contributed by atoms with Gasteiger partial charge < -0.3 is 14.6 Å². The van der Waals surface area contributed by atoms with Gasteiger partial charge in [0, 0.05) is 25.2 Å². The standard InChI is InChI=1S/C18H25ClFNO3/c19-16-10-15(6-7-17(16)20)24-13-18(22)11-21(8-9-23-12-18)14-4-2-1-3-5-14/h6-7,10,14,22H,1-5,8-9,11-13H2/t18-/m1/s1. The molecule has 0 radical (unpaired) electrons. The van der Waals surface area contributed by atoms with E-state index in [2.05, 4.69) is 4.90 Å². The molecular weight excluding hydrogens is 333 g/mol. The molecule has 1 aromatic rings. The number of rotatable bonds is 4. The maximum atomic E-state index is 13.2. The lowest BCUT2D eigenvalue weighted by molar-refractivity contribution is -0.0681. The van der Waals surface area contributed by atoms with Gasteiger partial charge in [0.15, 0.2) is 0 Å². The number of β-amino-alcohol motifs (C(OH)–C–C–N with tert-alkyl or cyclic N) is 1. The van der Waals surface area contributed by atoms with Crippen LogP contribution in [0.1, 0.15) is 32.1 Å². The van der Waals surface area contributed by atoms with Gasteiger partial charge in [-0.05, 0) is 25.0 Å². The average Bonchev–Trinajstić information content (AvgIpc) is 2.79. The second kappa shape index (κ2) is 8.00. The van der Waals surface area contributed by atoms with Gasteiger partial charge in [-0.15, -0.1) is 0 Å². The fraction of sp³-hybridized carbons (Fsp3) is 0.667. The molecule has 6 heteroatoms. The maximum absolute atomic E-state index is 13.2. The fourth-order valence-corrected chi connectivity index (χ4v) is 3.75. The lowest BCUT2D eigenvalue weighted by Crippen LogP contribution is -2.51. The Hall–Kier alpha value is -0.880. The van der Waals surface area contributed by atoms with Crippen molar-refractivity contribution in [2.45, 2.75) is 43.7 Å². The topological polar surface area (TPSA) is 41.9 Å². The summed E-state index contributed by atoms with van der Waals surface area (Å²) in [6.07, 6.45) is 6.19. The minimum Gasteiger partial charge on any atom is -0.490 e. The van der Waals surface area contributed by atoms with Gasteiger partial charge >= 0.3 is 0 Å². The molecule has 1 atom stereocenters. The van der Waals surface area contributed by atoms with Crippen molar-refractivity contribution in [2.75, 3.05) is 32.9 Å². The number of hydrogen-bond acceptors (Lipinski definition) is 4. The SMILES string of the molecule is O[C@@]1(COc2ccc(F)c(Cl)c2)COCCN(C2CCCCC2)C1. The number of aliphatic hydroxyl groups is 1. The lowest BCUT2D eigenvalue weighted by Gasteiger charge is -2.37. The summed E-state index contributed by atoms with van der Waals surface area (Å²) in [5, 5.41) is 11.0. The van der Waals surface area contributed by atoms with Crippen LogP contribution in [-0.2, 0) is 4.74 Å². The zero-order valence-corrected chi connectivity index (χ0v) is 14.6. The van der Waals surface area contributed by atoms with Gasteiger partial charge in [-0.3, -0.25) is 4.90 Å². The summed E-state index contributed by atoms with van der Waals surface area (Å²) in [4.78, 5) is 2.34. The van der Waals surface area contributed by atoms with E-state index in [1.165, 1.54) is 50.3 Å². The lowest BCUT2D eigenvalue weighted by atomic mass is 9.93. The molecule has 134 valence electrons. The Morgan fingerprint density at radius 1 is 1.33 bits per heavy atom. The van der Waals surface area contributed by atoms with E-state index in [0.29, 0.717) is 24.9 Å². The van der Waals surface area contributed by atoms with Crippen LogP contribution in [0.15, 0.2) is 18.2 Å². The average molecular weight is 358 g/mol. The van der Waals surface area contributed by atoms with Gasteiger partial charge in [0.2, 0.25) is 0 Å². The molecule has 1 aliphatic heterocycles. The van der Waals surface area contributed by atoms with Crippen LogP contribution in [0.25, 0.3) is 0 Å². The van der Waals surface area contributed by atoms with Crippen molar-refractivity contribution in [1.29, 1.82) is 0 Å². The van der Waals surface area contributed by atoms with Crippen molar-refractivity contribution < 1.29 is 19.0 Å². The Balaban J connectivity index is 1.62. The Morgan fingerprint density at radius 3 is 2.88 bits per heavy atom. The summed E-state index contributed by atoms with van der Waals surface area (Å²) < 4.78 is 24.5. The molecule has 3 rings (SSSR count). The molecule has 1 heterocycles. The minimum absolute atomic E-state index is 0.0143. The van der Waals surface area contributed by atoms with Crippen molar-refractivity contribution in [2.24, 2.45) is 0 Å². The van der Waals surface area contributed by atoms with Gasteiger partial charge in [-0.25, -0.2) is 4.39 Å². The molecule has 2 aliphatic rings. The van der Waals surface area contributed by atoms with E-state index in [1.807, 2.05) is 0 Å². The summed E-state index contributed by atoms with van der Waals surface area (Å²) in [5.41, 5.74) is -1.07. The molecule has 0 spiro atoms. The first-order valence-corrected chi connectivity index (χ1v) is 9.06. The van der Waals surface area contributed by atoms with E-state index in [4.69, 9.17) is 21.1 Å². The molecule has 2 fully saturated rings. The quantitative estimate of drug-likeness (QED) is 0.898. The smallest absolute Gasteiger partial charge is 0.142 e. The van der Waals surface area contributed by atoms with E-state index in [-0.39, 0.29) is 18.2 Å². The van der Waals surface area contributed by atoms with Gasteiger partial charge in [-0.1, -0.05) is 30.9 Å². The van der Waals surface area contributed by atoms with Crippen LogP contribution in [0.3, 0.4) is 0 Å². The second-order valence-electron chi connectivity index (χ2n) is 6.90. The van der Waals surface area contributed by atoms with Crippen molar-refractivity contribution in [1.82, 2.24) is 4.90 Å². The first kappa shape index (κ1) is 17.9. The van der Waals surface area contributed by atoms with Crippen molar-refractivity contribution in [3.63, 3.8) is 0 Å². The van der Waals surface area contributed by atoms with E-state index >= 15 is 0 Å². The molecule has 1 aromatic carbocycles. The first-order valence-electron chi connectivity index (χ1n) is 8.68. The first-order chi connectivity index (χ1) is 11.6. The minimum atomic E-state index is -1.07. The van der Waals surface area contributed by atoms with Crippen LogP contribution >= 0.6 is 11.6 Å². The number of ether oxygens (including phenoxy) is 2. The van der Waals surface area contributed by atoms with Crippen LogP contribution < -0.4 is 4.74 Å². The molecule has 4 nitrogen and oxygen atoms in total. The highest BCUT2D eigenvalue weighted by Gasteiger charge is 2.36. The molecular formula is C18H25ClFNO3. The Labute approximate surface area is 147 Å². The normalized spacial score (nSPS) is 27.0. The van der Waals surface area contributed by atoms with E-state index in [0.717, 1.165) is 6.54 Å². The van der Waals surface area contributed by atoms with Crippen molar-refractivity contribution in [3.05, 3.63) is 29.0 Å². The summed E-state index contributed by atoms with van der Waals surface area (Å²) >= 11 is 5.77. The number of hydrogen-bond donors (Lipinski definition) is 1. The highest BCUT2D eigenvalue weighted by Crippen LogP contribution is 2.26. The molecule has 1 saturated carbocycles. The Morgan fingerprint density at radius 2 is 2.12 bits per heavy atom. The molecule has 1 aliphatic carbocycles. The van der Waals surface area contributed by atoms with Gasteiger partial charge in [0.1, 0.15) is 23.8 Å². The van der Waals surface area contributed by atoms with E-state index < -0.39 is 11.4 Å². The van der Waals surface area contributed by atoms with Crippen molar-refractivity contribution >= 4 is 11.6 Å². The van der Waals surface area contributed by atoms with Gasteiger partial charge in [-0.2, -0.15) is 0 Å². The highest BCUT2D eigenvalue weighted by molar-refractivity contribution is 6.30. The van der Waals surface area contributed by atoms with E-state index in [1.54, 1.807) is 0 Å². The fourth-order valence-electron chi connectivity index (χ4n) is 3.58. The number of nitrogens with zero attached hydrogens (tertiary/aromatic N) is 1. The van der Waals surface area contributed by atoms with Gasteiger partial charge in [0.05, 0.1) is 18.2 Å². The summed E-state index contributed by atoms with van der Waals surface area (Å²) in [6.45, 7) is 2.34.